The summed E-state index contributed by atoms with van der Waals surface area (Å²) in [4.78, 5) is 23.8. The normalized spacial score (nSPS) is 12.0. The molecule has 0 fully saturated rings. The molecule has 0 saturated heterocycles. The van der Waals surface area contributed by atoms with Gasteiger partial charge in [-0.1, -0.05) is 12.7 Å². The third-order valence-corrected chi connectivity index (χ3v) is 2.92. The summed E-state index contributed by atoms with van der Waals surface area (Å²) in [6, 6.07) is 3.04. The molecule has 1 unspecified atom stereocenters. The van der Waals surface area contributed by atoms with E-state index in [0.29, 0.717) is 11.3 Å². The topological polar surface area (TPSA) is 73.9 Å². The van der Waals surface area contributed by atoms with E-state index < -0.39 is 29.5 Å². The molecule has 7 heteroatoms. The first-order valence-corrected chi connectivity index (χ1v) is 7.75. The first kappa shape index (κ1) is 20.5. The lowest BCUT2D eigenvalue weighted by molar-refractivity contribution is -0.143. The molecular weight excluding hydrogens is 329 g/mol. The Kier molecular flexibility index (Phi) is 7.42. The van der Waals surface area contributed by atoms with Gasteiger partial charge in [0, 0.05) is 12.5 Å². The molecule has 0 spiro atoms. The van der Waals surface area contributed by atoms with Crippen molar-refractivity contribution >= 4 is 12.1 Å². The number of rotatable bonds is 7. The number of ether oxygens (including phenoxy) is 3. The highest BCUT2D eigenvalue weighted by molar-refractivity contribution is 5.81. The number of nitrogens with one attached hydrogen (secondary N) is 1. The number of esters is 1. The fourth-order valence-corrected chi connectivity index (χ4v) is 2.00. The van der Waals surface area contributed by atoms with Crippen LogP contribution in [-0.4, -0.2) is 37.4 Å². The van der Waals surface area contributed by atoms with Crippen molar-refractivity contribution in [2.24, 2.45) is 0 Å². The summed E-state index contributed by atoms with van der Waals surface area (Å²) in [5.41, 5.74) is -0.250. The highest BCUT2D eigenvalue weighted by atomic mass is 19.1. The summed E-state index contributed by atoms with van der Waals surface area (Å²) in [5, 5.41) is 2.44. The summed E-state index contributed by atoms with van der Waals surface area (Å²) in [7, 11) is 1.20. The first-order valence-electron chi connectivity index (χ1n) is 7.75. The zero-order valence-corrected chi connectivity index (χ0v) is 14.9. The number of carbonyl (C=O) groups is 2. The van der Waals surface area contributed by atoms with Crippen LogP contribution in [0.3, 0.4) is 0 Å². The maximum Gasteiger partial charge on any atom is 0.408 e. The van der Waals surface area contributed by atoms with E-state index in [0.717, 1.165) is 0 Å². The summed E-state index contributed by atoms with van der Waals surface area (Å²) >= 11 is 0. The van der Waals surface area contributed by atoms with Gasteiger partial charge in [0.1, 0.15) is 29.8 Å². The molecule has 0 aliphatic carbocycles. The van der Waals surface area contributed by atoms with Crippen LogP contribution in [0.15, 0.2) is 30.9 Å². The van der Waals surface area contributed by atoms with Gasteiger partial charge in [0.25, 0.3) is 0 Å². The average Bonchev–Trinajstić information content (AvgIpc) is 2.49. The number of amides is 1. The second-order valence-corrected chi connectivity index (χ2v) is 6.32. The van der Waals surface area contributed by atoms with Gasteiger partial charge in [-0.25, -0.2) is 14.0 Å². The van der Waals surface area contributed by atoms with E-state index in [1.807, 2.05) is 0 Å². The molecule has 0 radical (unpaired) electrons. The highest BCUT2D eigenvalue weighted by Crippen LogP contribution is 2.18. The van der Waals surface area contributed by atoms with Crippen LogP contribution in [0.4, 0.5) is 9.18 Å². The van der Waals surface area contributed by atoms with Gasteiger partial charge in [0.15, 0.2) is 0 Å². The predicted octanol–water partition coefficient (Wildman–Crippen LogP) is 3.00. The average molecular weight is 353 g/mol. The molecule has 1 rings (SSSR count). The molecule has 138 valence electrons. The quantitative estimate of drug-likeness (QED) is 0.602. The molecule has 0 aliphatic rings. The Balaban J connectivity index is 2.91. The Morgan fingerprint density at radius 1 is 1.32 bits per heavy atom. The molecule has 1 amide bonds. The Morgan fingerprint density at radius 2 is 2.00 bits per heavy atom. The van der Waals surface area contributed by atoms with Gasteiger partial charge in [-0.2, -0.15) is 0 Å². The number of hydrogen-bond donors (Lipinski definition) is 1. The fourth-order valence-electron chi connectivity index (χ4n) is 2.00. The van der Waals surface area contributed by atoms with Gasteiger partial charge in [-0.15, -0.1) is 0 Å². The lowest BCUT2D eigenvalue weighted by Crippen LogP contribution is -2.45. The smallest absolute Gasteiger partial charge is 0.408 e. The Morgan fingerprint density at radius 3 is 2.56 bits per heavy atom. The maximum atomic E-state index is 13.7. The second kappa shape index (κ2) is 9.05. The van der Waals surface area contributed by atoms with Crippen molar-refractivity contribution in [3.63, 3.8) is 0 Å². The monoisotopic (exact) mass is 353 g/mol. The van der Waals surface area contributed by atoms with Gasteiger partial charge in [0.2, 0.25) is 0 Å². The molecule has 0 bridgehead atoms. The first-order chi connectivity index (χ1) is 11.6. The van der Waals surface area contributed by atoms with E-state index in [4.69, 9.17) is 14.2 Å². The highest BCUT2D eigenvalue weighted by Gasteiger charge is 2.25. The van der Waals surface area contributed by atoms with E-state index >= 15 is 0 Å². The second-order valence-electron chi connectivity index (χ2n) is 6.32. The molecule has 0 saturated carbocycles. The van der Waals surface area contributed by atoms with Crippen LogP contribution in [0.2, 0.25) is 0 Å². The third-order valence-electron chi connectivity index (χ3n) is 2.92. The number of halogens is 1. The van der Waals surface area contributed by atoms with Gasteiger partial charge >= 0.3 is 12.1 Å². The molecule has 25 heavy (non-hydrogen) atoms. The lowest BCUT2D eigenvalue weighted by Gasteiger charge is -2.22. The predicted molar refractivity (Wildman–Crippen MR) is 91.0 cm³/mol. The molecule has 0 heterocycles. The van der Waals surface area contributed by atoms with Gasteiger partial charge < -0.3 is 19.5 Å². The van der Waals surface area contributed by atoms with Crippen LogP contribution in [-0.2, 0) is 20.7 Å². The number of carbonyl (C=O) groups excluding carboxylic acids is 2. The SMILES string of the molecule is C=CCOc1cc(F)cc(CC(NC(=O)OC(C)(C)C)C(=O)OC)c1. The number of benzene rings is 1. The summed E-state index contributed by atoms with van der Waals surface area (Å²) in [6.07, 6.45) is 0.794. The minimum Gasteiger partial charge on any atom is -0.489 e. The molecule has 0 aliphatic heterocycles. The molecule has 1 aromatic rings. The minimum atomic E-state index is -1.02. The van der Waals surface area contributed by atoms with Crippen molar-refractivity contribution in [3.8, 4) is 5.75 Å². The van der Waals surface area contributed by atoms with E-state index in [-0.39, 0.29) is 13.0 Å². The van der Waals surface area contributed by atoms with E-state index in [2.05, 4.69) is 11.9 Å². The summed E-state index contributed by atoms with van der Waals surface area (Å²) in [5.74, 6) is -0.878. The van der Waals surface area contributed by atoms with Crippen molar-refractivity contribution in [2.45, 2.75) is 38.8 Å². The van der Waals surface area contributed by atoms with Crippen LogP contribution in [0.1, 0.15) is 26.3 Å². The number of methoxy groups -OCH3 is 1. The largest absolute Gasteiger partial charge is 0.489 e. The van der Waals surface area contributed by atoms with Gasteiger partial charge in [0.05, 0.1) is 7.11 Å². The summed E-state index contributed by atoms with van der Waals surface area (Å²) in [6.45, 7) is 8.86. The summed E-state index contributed by atoms with van der Waals surface area (Å²) < 4.78 is 28.9. The molecule has 1 N–H and O–H groups in total. The molecule has 1 atom stereocenters. The van der Waals surface area contributed by atoms with Crippen LogP contribution in [0.5, 0.6) is 5.75 Å². The Hall–Kier alpha value is -2.57. The van der Waals surface area contributed by atoms with E-state index in [1.54, 1.807) is 26.8 Å². The zero-order chi connectivity index (χ0) is 19.0. The van der Waals surface area contributed by atoms with Crippen LogP contribution < -0.4 is 10.1 Å². The van der Waals surface area contributed by atoms with Crippen LogP contribution in [0.25, 0.3) is 0 Å². The number of hydrogen-bond acceptors (Lipinski definition) is 5. The van der Waals surface area contributed by atoms with Crippen molar-refractivity contribution < 1.29 is 28.2 Å². The van der Waals surface area contributed by atoms with Gasteiger partial charge in [-0.05, 0) is 38.5 Å². The third kappa shape index (κ3) is 7.69. The fraction of sp³-hybridized carbons (Fsp3) is 0.444. The lowest BCUT2D eigenvalue weighted by atomic mass is 10.1. The Bertz CT molecular complexity index is 624. The van der Waals surface area contributed by atoms with Crippen molar-refractivity contribution in [1.29, 1.82) is 0 Å². The standard InChI is InChI=1S/C18H24FNO5/c1-6-7-24-14-9-12(8-13(19)11-14)10-15(16(21)23-5)20-17(22)25-18(2,3)4/h6,8-9,11,15H,1,7,10H2,2-5H3,(H,20,22). The Labute approximate surface area is 147 Å². The molecule has 6 nitrogen and oxygen atoms in total. The molecule has 1 aromatic carbocycles. The molecule has 0 aromatic heterocycles. The van der Waals surface area contributed by atoms with E-state index in [1.165, 1.54) is 25.3 Å². The van der Waals surface area contributed by atoms with Gasteiger partial charge in [-0.3, -0.25) is 0 Å². The minimum absolute atomic E-state index is 0.0219. The zero-order valence-electron chi connectivity index (χ0n) is 14.9. The molecular formula is C18H24FNO5. The maximum absolute atomic E-state index is 13.7. The van der Waals surface area contributed by atoms with Crippen molar-refractivity contribution in [3.05, 3.63) is 42.2 Å². The van der Waals surface area contributed by atoms with Crippen LogP contribution in [0, 0.1) is 5.82 Å². The number of alkyl carbamates (subject to hydrolysis) is 1. The van der Waals surface area contributed by atoms with E-state index in [9.17, 15) is 14.0 Å². The van der Waals surface area contributed by atoms with Crippen molar-refractivity contribution in [1.82, 2.24) is 5.32 Å². The van der Waals surface area contributed by atoms with Crippen LogP contribution >= 0.6 is 0 Å². The van der Waals surface area contributed by atoms with Crippen molar-refractivity contribution in [2.75, 3.05) is 13.7 Å².